The van der Waals surface area contributed by atoms with Crippen LogP contribution in [-0.2, 0) is 6.54 Å². The average Bonchev–Trinajstić information content (AvgIpc) is 2.83. The van der Waals surface area contributed by atoms with Gasteiger partial charge in [-0.15, -0.1) is 0 Å². The summed E-state index contributed by atoms with van der Waals surface area (Å²) in [6.45, 7) is 2.71. The van der Waals surface area contributed by atoms with Crippen LogP contribution in [0.2, 0.25) is 0 Å². The quantitative estimate of drug-likeness (QED) is 0.803. The number of aromatic nitrogens is 2. The van der Waals surface area contributed by atoms with E-state index in [2.05, 4.69) is 16.4 Å². The van der Waals surface area contributed by atoms with E-state index >= 15 is 0 Å². The first-order valence-electron chi connectivity index (χ1n) is 5.72. The van der Waals surface area contributed by atoms with Crippen LogP contribution in [0.4, 0.5) is 0 Å². The summed E-state index contributed by atoms with van der Waals surface area (Å²) < 4.78 is 1.81. The van der Waals surface area contributed by atoms with Crippen molar-refractivity contribution in [2.75, 3.05) is 7.05 Å². The van der Waals surface area contributed by atoms with Crippen molar-refractivity contribution in [2.45, 2.75) is 38.3 Å². The molecule has 5 heteroatoms. The van der Waals surface area contributed by atoms with Crippen LogP contribution >= 0.6 is 0 Å². The fourth-order valence-electron chi connectivity index (χ4n) is 1.82. The SMILES string of the molecule is CCC(C#N)(CCCn1ccnc1C#N)NC. The van der Waals surface area contributed by atoms with E-state index in [9.17, 15) is 0 Å². The third kappa shape index (κ3) is 3.05. The van der Waals surface area contributed by atoms with Crippen LogP contribution in [0.5, 0.6) is 0 Å². The van der Waals surface area contributed by atoms with E-state index in [0.717, 1.165) is 19.3 Å². The minimum absolute atomic E-state index is 0.425. The Morgan fingerprint density at radius 1 is 1.53 bits per heavy atom. The molecular formula is C12H17N5. The standard InChI is InChI=1S/C12H17N5/c1-3-12(10-14,15-2)5-4-7-17-8-6-16-11(17)9-13/h6,8,15H,3-5,7H2,1-2H3. The summed E-state index contributed by atoms with van der Waals surface area (Å²) in [5.74, 6) is 0.425. The zero-order valence-electron chi connectivity index (χ0n) is 10.3. The molecule has 1 N–H and O–H groups in total. The summed E-state index contributed by atoms with van der Waals surface area (Å²) in [5, 5.41) is 21.0. The number of aryl methyl sites for hydroxylation is 1. The van der Waals surface area contributed by atoms with Gasteiger partial charge in [-0.2, -0.15) is 10.5 Å². The largest absolute Gasteiger partial charge is 0.323 e. The molecule has 0 aliphatic carbocycles. The highest BCUT2D eigenvalue weighted by atomic mass is 15.1. The van der Waals surface area contributed by atoms with Crippen molar-refractivity contribution < 1.29 is 0 Å². The highest BCUT2D eigenvalue weighted by Crippen LogP contribution is 2.16. The van der Waals surface area contributed by atoms with Gasteiger partial charge in [-0.05, 0) is 26.3 Å². The highest BCUT2D eigenvalue weighted by Gasteiger charge is 2.24. The molecular weight excluding hydrogens is 214 g/mol. The molecule has 1 atom stereocenters. The Morgan fingerprint density at radius 3 is 2.82 bits per heavy atom. The molecule has 0 aliphatic rings. The Morgan fingerprint density at radius 2 is 2.29 bits per heavy atom. The second-order valence-corrected chi connectivity index (χ2v) is 3.96. The third-order valence-electron chi connectivity index (χ3n) is 3.11. The first-order valence-corrected chi connectivity index (χ1v) is 5.72. The van der Waals surface area contributed by atoms with E-state index in [4.69, 9.17) is 10.5 Å². The van der Waals surface area contributed by atoms with E-state index in [-0.39, 0.29) is 0 Å². The molecule has 0 aromatic carbocycles. The van der Waals surface area contributed by atoms with Crippen molar-refractivity contribution in [3.8, 4) is 12.1 Å². The molecule has 0 aliphatic heterocycles. The van der Waals surface area contributed by atoms with Crippen molar-refractivity contribution in [1.82, 2.24) is 14.9 Å². The van der Waals surface area contributed by atoms with Gasteiger partial charge in [0.1, 0.15) is 11.6 Å². The first-order chi connectivity index (χ1) is 8.21. The summed E-state index contributed by atoms with van der Waals surface area (Å²) in [4.78, 5) is 3.93. The molecule has 0 radical (unpaired) electrons. The maximum atomic E-state index is 9.15. The lowest BCUT2D eigenvalue weighted by atomic mass is 9.92. The normalized spacial score (nSPS) is 13.6. The van der Waals surface area contributed by atoms with Crippen LogP contribution in [0.15, 0.2) is 12.4 Å². The van der Waals surface area contributed by atoms with Gasteiger partial charge in [-0.3, -0.25) is 0 Å². The van der Waals surface area contributed by atoms with Crippen LogP contribution in [-0.4, -0.2) is 22.1 Å². The van der Waals surface area contributed by atoms with E-state index in [1.54, 1.807) is 12.4 Å². The second kappa shape index (κ2) is 6.03. The topological polar surface area (TPSA) is 77.4 Å². The lowest BCUT2D eigenvalue weighted by molar-refractivity contribution is 0.380. The third-order valence-corrected chi connectivity index (χ3v) is 3.11. The number of nitrogens with one attached hydrogen (secondary N) is 1. The van der Waals surface area contributed by atoms with Gasteiger partial charge in [0, 0.05) is 18.9 Å². The molecule has 0 amide bonds. The fraction of sp³-hybridized carbons (Fsp3) is 0.583. The van der Waals surface area contributed by atoms with Crippen LogP contribution in [0.3, 0.4) is 0 Å². The van der Waals surface area contributed by atoms with E-state index in [0.29, 0.717) is 12.4 Å². The number of nitrogens with zero attached hydrogens (tertiary/aromatic N) is 4. The maximum absolute atomic E-state index is 9.15. The molecule has 1 aromatic heterocycles. The Balaban J connectivity index is 2.54. The Kier molecular flexibility index (Phi) is 4.68. The number of rotatable bonds is 6. The van der Waals surface area contributed by atoms with Crippen molar-refractivity contribution >= 4 is 0 Å². The van der Waals surface area contributed by atoms with E-state index < -0.39 is 5.54 Å². The van der Waals surface area contributed by atoms with Crippen molar-refractivity contribution in [3.63, 3.8) is 0 Å². The highest BCUT2D eigenvalue weighted by molar-refractivity contribution is 5.11. The molecule has 0 saturated heterocycles. The van der Waals surface area contributed by atoms with Gasteiger partial charge in [-0.25, -0.2) is 4.98 Å². The molecule has 1 heterocycles. The molecule has 90 valence electrons. The molecule has 0 saturated carbocycles. The lowest BCUT2D eigenvalue weighted by Gasteiger charge is -2.24. The Bertz CT molecular complexity index is 430. The molecule has 5 nitrogen and oxygen atoms in total. The maximum Gasteiger partial charge on any atom is 0.212 e. The minimum atomic E-state index is -0.451. The van der Waals surface area contributed by atoms with Crippen molar-refractivity contribution in [2.24, 2.45) is 0 Å². The lowest BCUT2D eigenvalue weighted by Crippen LogP contribution is -2.40. The molecule has 1 rings (SSSR count). The number of hydrogen-bond donors (Lipinski definition) is 1. The predicted octanol–water partition coefficient (Wildman–Crippen LogP) is 1.43. The summed E-state index contributed by atoms with van der Waals surface area (Å²) in [6.07, 6.45) is 5.79. The van der Waals surface area contributed by atoms with Crippen LogP contribution in [0.1, 0.15) is 32.0 Å². The summed E-state index contributed by atoms with van der Waals surface area (Å²) >= 11 is 0. The monoisotopic (exact) mass is 231 g/mol. The molecule has 1 aromatic rings. The molecule has 0 bridgehead atoms. The Hall–Kier alpha value is -1.85. The zero-order chi connectivity index (χ0) is 12.7. The van der Waals surface area contributed by atoms with Gasteiger partial charge in [0.2, 0.25) is 5.82 Å². The zero-order valence-corrected chi connectivity index (χ0v) is 10.3. The van der Waals surface area contributed by atoms with Gasteiger partial charge in [0.15, 0.2) is 0 Å². The van der Waals surface area contributed by atoms with Crippen LogP contribution < -0.4 is 5.32 Å². The van der Waals surface area contributed by atoms with Crippen molar-refractivity contribution in [3.05, 3.63) is 18.2 Å². The summed E-state index contributed by atoms with van der Waals surface area (Å²) in [7, 11) is 1.81. The average molecular weight is 231 g/mol. The van der Waals surface area contributed by atoms with Crippen LogP contribution in [0.25, 0.3) is 0 Å². The van der Waals surface area contributed by atoms with Gasteiger partial charge in [0.05, 0.1) is 6.07 Å². The summed E-state index contributed by atoms with van der Waals surface area (Å²) in [5.41, 5.74) is -0.451. The Labute approximate surface area is 102 Å². The molecule has 1 unspecified atom stereocenters. The molecule has 0 spiro atoms. The van der Waals surface area contributed by atoms with Gasteiger partial charge >= 0.3 is 0 Å². The predicted molar refractivity (Wildman–Crippen MR) is 63.9 cm³/mol. The minimum Gasteiger partial charge on any atom is -0.323 e. The van der Waals surface area contributed by atoms with E-state index in [1.807, 2.05) is 24.6 Å². The number of imidazole rings is 1. The van der Waals surface area contributed by atoms with Crippen LogP contribution in [0, 0.1) is 22.7 Å². The van der Waals surface area contributed by atoms with Gasteiger partial charge in [0.25, 0.3) is 0 Å². The molecule has 0 fully saturated rings. The summed E-state index contributed by atoms with van der Waals surface area (Å²) in [6, 6.07) is 4.36. The molecule has 17 heavy (non-hydrogen) atoms. The van der Waals surface area contributed by atoms with E-state index in [1.165, 1.54) is 0 Å². The number of nitriles is 2. The van der Waals surface area contributed by atoms with Crippen molar-refractivity contribution in [1.29, 1.82) is 10.5 Å². The second-order valence-electron chi connectivity index (χ2n) is 3.96. The fourth-order valence-corrected chi connectivity index (χ4v) is 1.82. The number of hydrogen-bond acceptors (Lipinski definition) is 4. The first kappa shape index (κ1) is 13.2. The van der Waals surface area contributed by atoms with Gasteiger partial charge < -0.3 is 9.88 Å². The van der Waals surface area contributed by atoms with Gasteiger partial charge in [-0.1, -0.05) is 6.92 Å². The smallest absolute Gasteiger partial charge is 0.212 e.